The number of methoxy groups -OCH3 is 1. The minimum atomic E-state index is 0.239. The summed E-state index contributed by atoms with van der Waals surface area (Å²) >= 11 is 0. The Morgan fingerprint density at radius 1 is 1.41 bits per heavy atom. The van der Waals surface area contributed by atoms with Gasteiger partial charge in [0.05, 0.1) is 12.9 Å². The number of aliphatic imine (C=N–C) groups is 1. The maximum atomic E-state index is 5.35. The van der Waals surface area contributed by atoms with E-state index in [1.165, 1.54) is 32.1 Å². The lowest BCUT2D eigenvalue weighted by atomic mass is 9.96. The van der Waals surface area contributed by atoms with Gasteiger partial charge < -0.3 is 19.8 Å². The molecule has 1 aliphatic carbocycles. The van der Waals surface area contributed by atoms with Gasteiger partial charge in [0.25, 0.3) is 0 Å². The molecule has 1 saturated carbocycles. The summed E-state index contributed by atoms with van der Waals surface area (Å²) in [6, 6.07) is 4.69. The van der Waals surface area contributed by atoms with Gasteiger partial charge in [0.2, 0.25) is 0 Å². The topological polar surface area (TPSA) is 58.8 Å². The molecule has 0 spiro atoms. The second-order valence-electron chi connectivity index (χ2n) is 6.04. The molecule has 1 aliphatic rings. The summed E-state index contributed by atoms with van der Waals surface area (Å²) in [4.78, 5) is 4.69. The monoisotopic (exact) mass is 307 g/mol. The maximum Gasteiger partial charge on any atom is 0.191 e. The summed E-state index contributed by atoms with van der Waals surface area (Å²) in [5.74, 6) is 1.87. The van der Waals surface area contributed by atoms with Gasteiger partial charge in [-0.25, -0.2) is 0 Å². The van der Waals surface area contributed by atoms with E-state index >= 15 is 0 Å². The molecule has 1 aromatic rings. The summed E-state index contributed by atoms with van der Waals surface area (Å²) in [6.45, 7) is 3.49. The lowest BCUT2D eigenvalue weighted by Crippen LogP contribution is -2.48. The quantitative estimate of drug-likeness (QED) is 0.601. The van der Waals surface area contributed by atoms with E-state index in [2.05, 4.69) is 17.6 Å². The zero-order valence-electron chi connectivity index (χ0n) is 13.8. The van der Waals surface area contributed by atoms with E-state index in [1.54, 1.807) is 13.4 Å². The Kier molecular flexibility index (Phi) is 7.30. The Labute approximate surface area is 133 Å². The minimum Gasteiger partial charge on any atom is -0.469 e. The highest BCUT2D eigenvalue weighted by atomic mass is 16.5. The normalized spacial score (nSPS) is 18.2. The summed E-state index contributed by atoms with van der Waals surface area (Å²) in [5.41, 5.74) is 0. The molecule has 0 saturated heterocycles. The molecule has 5 nitrogen and oxygen atoms in total. The number of nitrogens with zero attached hydrogens (tertiary/aromatic N) is 1. The first-order valence-electron chi connectivity index (χ1n) is 8.36. The van der Waals surface area contributed by atoms with Crippen molar-refractivity contribution in [1.29, 1.82) is 0 Å². The van der Waals surface area contributed by atoms with Crippen molar-refractivity contribution in [1.82, 2.24) is 10.6 Å². The van der Waals surface area contributed by atoms with E-state index in [4.69, 9.17) is 14.1 Å². The Morgan fingerprint density at radius 2 is 2.23 bits per heavy atom. The second-order valence-corrected chi connectivity index (χ2v) is 6.04. The van der Waals surface area contributed by atoms with E-state index < -0.39 is 0 Å². The van der Waals surface area contributed by atoms with Crippen LogP contribution in [0.4, 0.5) is 0 Å². The molecule has 1 aromatic heterocycles. The molecule has 0 radical (unpaired) electrons. The van der Waals surface area contributed by atoms with Crippen molar-refractivity contribution in [2.45, 2.75) is 57.5 Å². The van der Waals surface area contributed by atoms with Crippen molar-refractivity contribution in [3.63, 3.8) is 0 Å². The molecule has 22 heavy (non-hydrogen) atoms. The van der Waals surface area contributed by atoms with Crippen LogP contribution in [0.2, 0.25) is 0 Å². The van der Waals surface area contributed by atoms with Crippen molar-refractivity contribution in [3.8, 4) is 0 Å². The molecule has 1 fully saturated rings. The molecule has 1 atom stereocenters. The highest BCUT2D eigenvalue weighted by Crippen LogP contribution is 2.17. The fourth-order valence-corrected chi connectivity index (χ4v) is 2.83. The van der Waals surface area contributed by atoms with Gasteiger partial charge in [-0.05, 0) is 31.9 Å². The van der Waals surface area contributed by atoms with Gasteiger partial charge in [-0.15, -0.1) is 0 Å². The SMILES string of the molecule is COCC(C)NC(=NCCc1ccco1)NC1CCCCC1. The Morgan fingerprint density at radius 3 is 2.91 bits per heavy atom. The fraction of sp³-hybridized carbons (Fsp3) is 0.706. The van der Waals surface area contributed by atoms with Gasteiger partial charge in [0.15, 0.2) is 5.96 Å². The van der Waals surface area contributed by atoms with Crippen LogP contribution in [-0.2, 0) is 11.2 Å². The molecule has 0 amide bonds. The third-order valence-corrected chi connectivity index (χ3v) is 3.95. The molecule has 0 bridgehead atoms. The van der Waals surface area contributed by atoms with Crippen molar-refractivity contribution in [2.75, 3.05) is 20.3 Å². The first kappa shape index (κ1) is 16.9. The third-order valence-electron chi connectivity index (χ3n) is 3.95. The molecule has 124 valence electrons. The number of hydrogen-bond acceptors (Lipinski definition) is 3. The van der Waals surface area contributed by atoms with Gasteiger partial charge in [-0.3, -0.25) is 4.99 Å². The number of ether oxygens (including phenoxy) is 1. The second kappa shape index (κ2) is 9.51. The van der Waals surface area contributed by atoms with Crippen LogP contribution >= 0.6 is 0 Å². The lowest BCUT2D eigenvalue weighted by Gasteiger charge is -2.26. The third kappa shape index (κ3) is 6.10. The number of guanidine groups is 1. The van der Waals surface area contributed by atoms with Crippen molar-refractivity contribution < 1.29 is 9.15 Å². The van der Waals surface area contributed by atoms with E-state index in [0.29, 0.717) is 12.6 Å². The smallest absolute Gasteiger partial charge is 0.191 e. The van der Waals surface area contributed by atoms with Crippen LogP contribution in [0.15, 0.2) is 27.8 Å². The summed E-state index contributed by atoms with van der Waals surface area (Å²) in [5, 5.41) is 7.01. The van der Waals surface area contributed by atoms with Gasteiger partial charge in [-0.1, -0.05) is 19.3 Å². The fourth-order valence-electron chi connectivity index (χ4n) is 2.83. The average Bonchev–Trinajstić information content (AvgIpc) is 3.02. The maximum absolute atomic E-state index is 5.35. The summed E-state index contributed by atoms with van der Waals surface area (Å²) in [6.07, 6.45) is 8.98. The molecule has 0 aliphatic heterocycles. The predicted octanol–water partition coefficient (Wildman–Crippen LogP) is 2.72. The van der Waals surface area contributed by atoms with Crippen molar-refractivity contribution in [2.24, 2.45) is 4.99 Å². The molecule has 1 unspecified atom stereocenters. The molecular weight excluding hydrogens is 278 g/mol. The van der Waals surface area contributed by atoms with E-state index in [0.717, 1.165) is 24.7 Å². The lowest BCUT2D eigenvalue weighted by molar-refractivity contribution is 0.178. The summed E-state index contributed by atoms with van der Waals surface area (Å²) < 4.78 is 10.6. The number of rotatable bonds is 7. The zero-order chi connectivity index (χ0) is 15.6. The average molecular weight is 307 g/mol. The van der Waals surface area contributed by atoms with Gasteiger partial charge in [0.1, 0.15) is 5.76 Å². The zero-order valence-corrected chi connectivity index (χ0v) is 13.8. The number of hydrogen-bond donors (Lipinski definition) is 2. The Bertz CT molecular complexity index is 425. The van der Waals surface area contributed by atoms with Gasteiger partial charge >= 0.3 is 0 Å². The van der Waals surface area contributed by atoms with Crippen LogP contribution in [0.5, 0.6) is 0 Å². The molecule has 2 rings (SSSR count). The van der Waals surface area contributed by atoms with Crippen LogP contribution in [0.1, 0.15) is 44.8 Å². The van der Waals surface area contributed by atoms with Crippen molar-refractivity contribution in [3.05, 3.63) is 24.2 Å². The first-order chi connectivity index (χ1) is 10.8. The molecular formula is C17H29N3O2. The van der Waals surface area contributed by atoms with Crippen LogP contribution < -0.4 is 10.6 Å². The standard InChI is InChI=1S/C17H29N3O2/c1-14(13-21-2)19-17(20-15-7-4-3-5-8-15)18-11-10-16-9-6-12-22-16/h6,9,12,14-15H,3-5,7-8,10-11,13H2,1-2H3,(H2,18,19,20). The molecule has 5 heteroatoms. The predicted molar refractivity (Wildman–Crippen MR) is 89.2 cm³/mol. The number of furan rings is 1. The van der Waals surface area contributed by atoms with Crippen LogP contribution in [0, 0.1) is 0 Å². The minimum absolute atomic E-state index is 0.239. The van der Waals surface area contributed by atoms with Crippen LogP contribution in [0.25, 0.3) is 0 Å². The molecule has 1 heterocycles. The first-order valence-corrected chi connectivity index (χ1v) is 8.36. The highest BCUT2D eigenvalue weighted by molar-refractivity contribution is 5.80. The van der Waals surface area contributed by atoms with Gasteiger partial charge in [0, 0.05) is 32.2 Å². The van der Waals surface area contributed by atoms with Gasteiger partial charge in [-0.2, -0.15) is 0 Å². The van der Waals surface area contributed by atoms with E-state index in [-0.39, 0.29) is 6.04 Å². The number of nitrogens with one attached hydrogen (secondary N) is 2. The van der Waals surface area contributed by atoms with Crippen LogP contribution in [0.3, 0.4) is 0 Å². The van der Waals surface area contributed by atoms with E-state index in [9.17, 15) is 0 Å². The highest BCUT2D eigenvalue weighted by Gasteiger charge is 2.15. The van der Waals surface area contributed by atoms with E-state index in [1.807, 2.05) is 12.1 Å². The Hall–Kier alpha value is -1.49. The molecule has 0 aromatic carbocycles. The molecule has 2 N–H and O–H groups in total. The van der Waals surface area contributed by atoms with Crippen molar-refractivity contribution >= 4 is 5.96 Å². The Balaban J connectivity index is 1.86. The summed E-state index contributed by atoms with van der Waals surface area (Å²) in [7, 11) is 1.72. The largest absolute Gasteiger partial charge is 0.469 e. The van der Waals surface area contributed by atoms with Crippen LogP contribution in [-0.4, -0.2) is 38.3 Å².